The first kappa shape index (κ1) is 14.5. The Hall–Kier alpha value is -1.56. The molecule has 0 aliphatic rings. The Morgan fingerprint density at radius 2 is 2.06 bits per heavy atom. The van der Waals surface area contributed by atoms with Crippen molar-refractivity contribution in [3.63, 3.8) is 0 Å². The molecule has 0 radical (unpaired) electrons. The van der Waals surface area contributed by atoms with Gasteiger partial charge in [0.05, 0.1) is 12.1 Å². The third kappa shape index (κ3) is 4.75. The molecule has 0 aromatic heterocycles. The number of hydrogen-bond acceptors (Lipinski definition) is 2. The van der Waals surface area contributed by atoms with Crippen LogP contribution in [0.4, 0.5) is 13.2 Å². The molecule has 0 bridgehead atoms. The van der Waals surface area contributed by atoms with Gasteiger partial charge in [0, 0.05) is 6.54 Å². The van der Waals surface area contributed by atoms with Gasteiger partial charge >= 0.3 is 12.1 Å². The molecule has 0 heterocycles. The lowest BCUT2D eigenvalue weighted by Crippen LogP contribution is -2.33. The van der Waals surface area contributed by atoms with Crippen LogP contribution in [-0.2, 0) is 6.54 Å². The molecule has 1 N–H and O–H groups in total. The van der Waals surface area contributed by atoms with Crippen LogP contribution in [0.5, 0.6) is 0 Å². The first-order valence-electron chi connectivity index (χ1n) is 5.43. The molecule has 18 heavy (non-hydrogen) atoms. The summed E-state index contributed by atoms with van der Waals surface area (Å²) in [5.41, 5.74) is 0.636. The molecule has 0 aliphatic heterocycles. The molecule has 1 aromatic rings. The van der Waals surface area contributed by atoms with Crippen molar-refractivity contribution in [3.05, 3.63) is 35.4 Å². The maximum absolute atomic E-state index is 12.3. The second kappa shape index (κ2) is 5.86. The van der Waals surface area contributed by atoms with Gasteiger partial charge in [0.25, 0.3) is 0 Å². The van der Waals surface area contributed by atoms with E-state index in [1.165, 1.54) is 23.1 Å². The van der Waals surface area contributed by atoms with Gasteiger partial charge in [-0.2, -0.15) is 13.2 Å². The van der Waals surface area contributed by atoms with Crippen molar-refractivity contribution in [2.75, 3.05) is 13.1 Å². The molecule has 0 atom stereocenters. The fraction of sp³-hybridized carbons (Fsp3) is 0.417. The summed E-state index contributed by atoms with van der Waals surface area (Å²) in [6.45, 7) is 0.960. The first-order chi connectivity index (χ1) is 8.31. The summed E-state index contributed by atoms with van der Waals surface area (Å²) in [6.07, 6.45) is -4.25. The number of rotatable bonds is 5. The Bertz CT molecular complexity index is 418. The number of nitrogens with zero attached hydrogens (tertiary/aromatic N) is 1. The van der Waals surface area contributed by atoms with E-state index in [-0.39, 0.29) is 18.7 Å². The van der Waals surface area contributed by atoms with Gasteiger partial charge < -0.3 is 5.11 Å². The highest BCUT2D eigenvalue weighted by atomic mass is 19.4. The summed E-state index contributed by atoms with van der Waals surface area (Å²) in [5.74, 6) is -1.09. The van der Waals surface area contributed by atoms with Crippen LogP contribution in [0, 0.1) is 0 Å². The van der Waals surface area contributed by atoms with E-state index in [0.717, 1.165) is 0 Å². The van der Waals surface area contributed by atoms with E-state index in [9.17, 15) is 18.0 Å². The van der Waals surface area contributed by atoms with Gasteiger partial charge in [-0.25, -0.2) is 4.79 Å². The van der Waals surface area contributed by atoms with Crippen molar-refractivity contribution in [2.24, 2.45) is 0 Å². The summed E-state index contributed by atoms with van der Waals surface area (Å²) in [7, 11) is 0. The molecule has 0 aliphatic carbocycles. The predicted molar refractivity (Wildman–Crippen MR) is 60.4 cm³/mol. The zero-order valence-electron chi connectivity index (χ0n) is 9.87. The molecule has 0 amide bonds. The molecule has 6 heteroatoms. The van der Waals surface area contributed by atoms with Gasteiger partial charge in [-0.15, -0.1) is 0 Å². The van der Waals surface area contributed by atoms with Crippen molar-refractivity contribution >= 4 is 5.97 Å². The average Bonchev–Trinajstić information content (AvgIpc) is 2.26. The number of benzene rings is 1. The van der Waals surface area contributed by atoms with E-state index in [1.807, 2.05) is 0 Å². The van der Waals surface area contributed by atoms with E-state index in [1.54, 1.807) is 13.0 Å². The van der Waals surface area contributed by atoms with Gasteiger partial charge in [-0.3, -0.25) is 4.90 Å². The van der Waals surface area contributed by atoms with Gasteiger partial charge in [0.2, 0.25) is 0 Å². The van der Waals surface area contributed by atoms with Crippen LogP contribution < -0.4 is 0 Å². The van der Waals surface area contributed by atoms with Crippen molar-refractivity contribution in [3.8, 4) is 0 Å². The number of carboxylic acids is 1. The highest BCUT2D eigenvalue weighted by molar-refractivity contribution is 5.87. The minimum absolute atomic E-state index is 0.0792. The van der Waals surface area contributed by atoms with E-state index in [2.05, 4.69) is 0 Å². The number of hydrogen-bond donors (Lipinski definition) is 1. The van der Waals surface area contributed by atoms with Gasteiger partial charge in [-0.05, 0) is 24.2 Å². The highest BCUT2D eigenvalue weighted by Gasteiger charge is 2.30. The number of carboxylic acid groups (broad SMARTS) is 1. The summed E-state index contributed by atoms with van der Waals surface area (Å²) in [6, 6.07) is 5.94. The van der Waals surface area contributed by atoms with Crippen molar-refractivity contribution in [1.29, 1.82) is 0 Å². The second-order valence-corrected chi connectivity index (χ2v) is 3.92. The minimum atomic E-state index is -4.25. The molecule has 0 spiro atoms. The van der Waals surface area contributed by atoms with Gasteiger partial charge in [0.1, 0.15) is 0 Å². The molecule has 1 rings (SSSR count). The maximum atomic E-state index is 12.3. The molecule has 0 unspecified atom stereocenters. The minimum Gasteiger partial charge on any atom is -0.478 e. The Kier molecular flexibility index (Phi) is 4.72. The van der Waals surface area contributed by atoms with E-state index in [4.69, 9.17) is 5.11 Å². The van der Waals surface area contributed by atoms with Gasteiger partial charge in [-0.1, -0.05) is 19.1 Å². The molecule has 3 nitrogen and oxygen atoms in total. The SMILES string of the molecule is CCN(Cc1cccc(C(=O)O)c1)CC(F)(F)F. The van der Waals surface area contributed by atoms with Crippen LogP contribution in [0.15, 0.2) is 24.3 Å². The fourth-order valence-corrected chi connectivity index (χ4v) is 1.59. The van der Waals surface area contributed by atoms with E-state index < -0.39 is 18.7 Å². The smallest absolute Gasteiger partial charge is 0.401 e. The standard InChI is InChI=1S/C12H14F3NO2/c1-2-16(8-12(13,14)15)7-9-4-3-5-10(6-9)11(17)18/h3-6H,2,7-8H2,1H3,(H,17,18). The largest absolute Gasteiger partial charge is 0.478 e. The molecule has 0 fully saturated rings. The predicted octanol–water partition coefficient (Wildman–Crippen LogP) is 2.77. The molecule has 0 saturated carbocycles. The van der Waals surface area contributed by atoms with E-state index in [0.29, 0.717) is 5.56 Å². The summed E-state index contributed by atoms with van der Waals surface area (Å²) < 4.78 is 36.8. The lowest BCUT2D eigenvalue weighted by molar-refractivity contribution is -0.146. The van der Waals surface area contributed by atoms with Crippen LogP contribution in [0.2, 0.25) is 0 Å². The van der Waals surface area contributed by atoms with Crippen LogP contribution in [0.1, 0.15) is 22.8 Å². The van der Waals surface area contributed by atoms with Crippen molar-refractivity contribution in [1.82, 2.24) is 4.90 Å². The highest BCUT2D eigenvalue weighted by Crippen LogP contribution is 2.18. The summed E-state index contributed by atoms with van der Waals surface area (Å²) in [4.78, 5) is 12.0. The molecular formula is C12H14F3NO2. The lowest BCUT2D eigenvalue weighted by Gasteiger charge is -2.22. The monoisotopic (exact) mass is 261 g/mol. The zero-order chi connectivity index (χ0) is 13.8. The van der Waals surface area contributed by atoms with Crippen LogP contribution >= 0.6 is 0 Å². The average molecular weight is 261 g/mol. The Labute approximate surface area is 103 Å². The maximum Gasteiger partial charge on any atom is 0.401 e. The second-order valence-electron chi connectivity index (χ2n) is 3.92. The topological polar surface area (TPSA) is 40.5 Å². The van der Waals surface area contributed by atoms with Gasteiger partial charge in [0.15, 0.2) is 0 Å². The Balaban J connectivity index is 2.76. The third-order valence-corrected chi connectivity index (χ3v) is 2.43. The number of aromatic carboxylic acids is 1. The van der Waals surface area contributed by atoms with E-state index >= 15 is 0 Å². The lowest BCUT2D eigenvalue weighted by atomic mass is 10.1. The molecular weight excluding hydrogens is 247 g/mol. The third-order valence-electron chi connectivity index (χ3n) is 2.43. The summed E-state index contributed by atoms with van der Waals surface area (Å²) in [5, 5.41) is 8.79. The Morgan fingerprint density at radius 3 is 2.56 bits per heavy atom. The quantitative estimate of drug-likeness (QED) is 0.886. The fourth-order valence-electron chi connectivity index (χ4n) is 1.59. The van der Waals surface area contributed by atoms with Crippen LogP contribution in [-0.4, -0.2) is 35.2 Å². The first-order valence-corrected chi connectivity index (χ1v) is 5.43. The van der Waals surface area contributed by atoms with Crippen LogP contribution in [0.25, 0.3) is 0 Å². The normalized spacial score (nSPS) is 11.8. The number of halogens is 3. The molecule has 100 valence electrons. The molecule has 1 aromatic carbocycles. The molecule has 0 saturated heterocycles. The number of carbonyl (C=O) groups is 1. The summed E-state index contributed by atoms with van der Waals surface area (Å²) >= 11 is 0. The van der Waals surface area contributed by atoms with Crippen molar-refractivity contribution in [2.45, 2.75) is 19.6 Å². The Morgan fingerprint density at radius 1 is 1.39 bits per heavy atom. The van der Waals surface area contributed by atoms with Crippen molar-refractivity contribution < 1.29 is 23.1 Å². The zero-order valence-corrected chi connectivity index (χ0v) is 9.87. The number of alkyl halides is 3. The van der Waals surface area contributed by atoms with Crippen LogP contribution in [0.3, 0.4) is 0 Å².